The van der Waals surface area contributed by atoms with Crippen molar-refractivity contribution in [2.24, 2.45) is 0 Å². The zero-order valence-corrected chi connectivity index (χ0v) is 34.7. The predicted molar refractivity (Wildman–Crippen MR) is 250 cm³/mol. The van der Waals surface area contributed by atoms with Gasteiger partial charge in [-0.05, 0) is 138 Å². The maximum Gasteiger partial charge on any atom is 0.0474 e. The standard InChI is InChI=1S/C58H51N/c1-57(2)52-27-14-13-23-50(52)55-47(24-16-28-53(55)57)49-26-15-25-48-46-34-33-43(37-54(46)58(3,4)56(48)49)59(42-31-29-39(30-32-42)38-17-7-5-8-18-38)44-35-41-21-11-12-22-45(41)51(36-44)40-19-9-6-10-20-40/h6,9-16,19-38H,5,7-8,17-18H2,1-4H3. The van der Waals surface area contributed by atoms with Crippen molar-refractivity contribution in [3.63, 3.8) is 0 Å². The van der Waals surface area contributed by atoms with Gasteiger partial charge in [0.05, 0.1) is 0 Å². The Kier molecular flexibility index (Phi) is 8.35. The van der Waals surface area contributed by atoms with Crippen molar-refractivity contribution in [2.45, 2.75) is 76.5 Å². The lowest BCUT2D eigenvalue weighted by Crippen LogP contribution is -2.18. The van der Waals surface area contributed by atoms with E-state index in [4.69, 9.17) is 0 Å². The quantitative estimate of drug-likeness (QED) is 0.163. The average Bonchev–Trinajstić information content (AvgIpc) is 3.66. The molecule has 11 rings (SSSR count). The third-order valence-corrected chi connectivity index (χ3v) is 14.2. The Morgan fingerprint density at radius 3 is 1.88 bits per heavy atom. The lowest BCUT2D eigenvalue weighted by atomic mass is 9.77. The van der Waals surface area contributed by atoms with Crippen molar-refractivity contribution in [1.29, 1.82) is 0 Å². The molecule has 8 aromatic rings. The second-order valence-corrected chi connectivity index (χ2v) is 18.3. The van der Waals surface area contributed by atoms with Crippen LogP contribution in [0.4, 0.5) is 17.1 Å². The van der Waals surface area contributed by atoms with Crippen LogP contribution >= 0.6 is 0 Å². The molecular formula is C58H51N. The summed E-state index contributed by atoms with van der Waals surface area (Å²) < 4.78 is 0. The zero-order valence-electron chi connectivity index (χ0n) is 34.7. The van der Waals surface area contributed by atoms with Crippen molar-refractivity contribution in [3.05, 3.63) is 198 Å². The van der Waals surface area contributed by atoms with Gasteiger partial charge in [-0.3, -0.25) is 0 Å². The van der Waals surface area contributed by atoms with Crippen LogP contribution in [0.1, 0.15) is 93.5 Å². The molecule has 1 saturated carbocycles. The Labute approximate surface area is 350 Å². The fourth-order valence-electron chi connectivity index (χ4n) is 11.3. The van der Waals surface area contributed by atoms with Crippen LogP contribution in [0.3, 0.4) is 0 Å². The van der Waals surface area contributed by atoms with Crippen molar-refractivity contribution in [2.75, 3.05) is 4.90 Å². The van der Waals surface area contributed by atoms with Crippen LogP contribution in [0.5, 0.6) is 0 Å². The summed E-state index contributed by atoms with van der Waals surface area (Å²) in [7, 11) is 0. The maximum absolute atomic E-state index is 2.51. The SMILES string of the molecule is CC1(C)c2ccccc2-c2c(-c3cccc4c3C(C)(C)c3cc(N(c5ccc(C6CCCCC6)cc5)c5cc(-c6ccccc6)c6ccccc6c5)ccc3-4)cccc21. The summed E-state index contributed by atoms with van der Waals surface area (Å²) in [5.41, 5.74) is 21.0. The number of rotatable bonds is 6. The summed E-state index contributed by atoms with van der Waals surface area (Å²) in [5.74, 6) is 0.662. The van der Waals surface area contributed by atoms with E-state index in [1.807, 2.05) is 0 Å². The predicted octanol–water partition coefficient (Wildman–Crippen LogP) is 16.3. The molecule has 1 nitrogen and oxygen atoms in total. The summed E-state index contributed by atoms with van der Waals surface area (Å²) in [5, 5.41) is 2.51. The van der Waals surface area contributed by atoms with Crippen LogP contribution in [0, 0.1) is 0 Å². The molecular weight excluding hydrogens is 711 g/mol. The monoisotopic (exact) mass is 761 g/mol. The highest BCUT2D eigenvalue weighted by Gasteiger charge is 2.41. The van der Waals surface area contributed by atoms with Gasteiger partial charge in [-0.25, -0.2) is 0 Å². The van der Waals surface area contributed by atoms with Crippen LogP contribution in [-0.2, 0) is 10.8 Å². The first kappa shape index (κ1) is 35.9. The summed E-state index contributed by atoms with van der Waals surface area (Å²) >= 11 is 0. The summed E-state index contributed by atoms with van der Waals surface area (Å²) in [6, 6.07) is 64.4. The van der Waals surface area contributed by atoms with E-state index in [1.54, 1.807) is 0 Å². The fraction of sp³-hybridized carbons (Fsp3) is 0.207. The van der Waals surface area contributed by atoms with E-state index in [1.165, 1.54) is 132 Å². The van der Waals surface area contributed by atoms with E-state index in [0.29, 0.717) is 5.92 Å². The van der Waals surface area contributed by atoms with Crippen LogP contribution in [-0.4, -0.2) is 0 Å². The van der Waals surface area contributed by atoms with Gasteiger partial charge in [0.25, 0.3) is 0 Å². The second-order valence-electron chi connectivity index (χ2n) is 18.3. The molecule has 1 fully saturated rings. The third-order valence-electron chi connectivity index (χ3n) is 14.2. The lowest BCUT2D eigenvalue weighted by Gasteiger charge is -2.30. The van der Waals surface area contributed by atoms with Gasteiger partial charge in [0.2, 0.25) is 0 Å². The normalized spacial score (nSPS) is 16.0. The van der Waals surface area contributed by atoms with Gasteiger partial charge >= 0.3 is 0 Å². The number of nitrogens with zero attached hydrogens (tertiary/aromatic N) is 1. The van der Waals surface area contributed by atoms with Crippen LogP contribution in [0.25, 0.3) is 55.3 Å². The number of fused-ring (bicyclic) bond motifs is 7. The molecule has 0 N–H and O–H groups in total. The molecule has 288 valence electrons. The molecule has 0 unspecified atom stereocenters. The van der Waals surface area contributed by atoms with Gasteiger partial charge in [0, 0.05) is 27.9 Å². The molecule has 0 amide bonds. The number of hydrogen-bond donors (Lipinski definition) is 0. The Hall–Kier alpha value is -6.18. The van der Waals surface area contributed by atoms with E-state index in [0.717, 1.165) is 0 Å². The molecule has 59 heavy (non-hydrogen) atoms. The van der Waals surface area contributed by atoms with E-state index in [9.17, 15) is 0 Å². The molecule has 0 spiro atoms. The Balaban J connectivity index is 1.08. The molecule has 0 heterocycles. The van der Waals surface area contributed by atoms with Crippen LogP contribution in [0.15, 0.2) is 170 Å². The first-order chi connectivity index (χ1) is 28.8. The molecule has 0 aromatic heterocycles. The van der Waals surface area contributed by atoms with Gasteiger partial charge in [-0.2, -0.15) is 0 Å². The first-order valence-corrected chi connectivity index (χ1v) is 21.8. The summed E-state index contributed by atoms with van der Waals surface area (Å²) in [6.45, 7) is 9.65. The van der Waals surface area contributed by atoms with Crippen molar-refractivity contribution >= 4 is 27.8 Å². The minimum atomic E-state index is -0.233. The molecule has 8 aromatic carbocycles. The van der Waals surface area contributed by atoms with Crippen molar-refractivity contribution < 1.29 is 0 Å². The highest BCUT2D eigenvalue weighted by molar-refractivity contribution is 6.02. The molecule has 3 aliphatic carbocycles. The third kappa shape index (κ3) is 5.65. The lowest BCUT2D eigenvalue weighted by molar-refractivity contribution is 0.443. The molecule has 0 saturated heterocycles. The van der Waals surface area contributed by atoms with Gasteiger partial charge in [-0.15, -0.1) is 0 Å². The van der Waals surface area contributed by atoms with Crippen molar-refractivity contribution in [3.8, 4) is 44.5 Å². The number of benzene rings is 8. The fourth-order valence-corrected chi connectivity index (χ4v) is 11.3. The highest BCUT2D eigenvalue weighted by atomic mass is 15.1. The average molecular weight is 762 g/mol. The molecule has 0 radical (unpaired) electrons. The second kappa shape index (κ2) is 13.7. The van der Waals surface area contributed by atoms with Gasteiger partial charge in [0.15, 0.2) is 0 Å². The van der Waals surface area contributed by atoms with E-state index in [-0.39, 0.29) is 10.8 Å². The Morgan fingerprint density at radius 1 is 0.424 bits per heavy atom. The number of hydrogen-bond acceptors (Lipinski definition) is 1. The molecule has 0 atom stereocenters. The van der Waals surface area contributed by atoms with Crippen LogP contribution in [0.2, 0.25) is 0 Å². The molecule has 1 heteroatoms. The molecule has 3 aliphatic rings. The first-order valence-electron chi connectivity index (χ1n) is 21.8. The van der Waals surface area contributed by atoms with Gasteiger partial charge in [0.1, 0.15) is 0 Å². The van der Waals surface area contributed by atoms with E-state index < -0.39 is 0 Å². The topological polar surface area (TPSA) is 3.24 Å². The Bertz CT molecular complexity index is 2910. The van der Waals surface area contributed by atoms with E-state index >= 15 is 0 Å². The van der Waals surface area contributed by atoms with Crippen molar-refractivity contribution in [1.82, 2.24) is 0 Å². The van der Waals surface area contributed by atoms with Crippen LogP contribution < -0.4 is 4.90 Å². The summed E-state index contributed by atoms with van der Waals surface area (Å²) in [6.07, 6.45) is 6.64. The number of anilines is 3. The minimum absolute atomic E-state index is 0.0471. The molecule has 0 aliphatic heterocycles. The van der Waals surface area contributed by atoms with E-state index in [2.05, 4.69) is 202 Å². The van der Waals surface area contributed by atoms with Gasteiger partial charge < -0.3 is 4.90 Å². The molecule has 0 bridgehead atoms. The maximum atomic E-state index is 2.51. The highest BCUT2D eigenvalue weighted by Crippen LogP contribution is 2.57. The zero-order chi connectivity index (χ0) is 39.9. The van der Waals surface area contributed by atoms with Gasteiger partial charge in [-0.1, -0.05) is 180 Å². The largest absolute Gasteiger partial charge is 0.310 e. The minimum Gasteiger partial charge on any atom is -0.310 e. The smallest absolute Gasteiger partial charge is 0.0474 e. The Morgan fingerprint density at radius 2 is 1.07 bits per heavy atom. The summed E-state index contributed by atoms with van der Waals surface area (Å²) in [4.78, 5) is 2.51.